The van der Waals surface area contributed by atoms with Crippen molar-refractivity contribution in [3.63, 3.8) is 0 Å². The number of carbonyl (C=O) groups excluding carboxylic acids is 1. The number of carbonyl (C=O) groups is 1. The summed E-state index contributed by atoms with van der Waals surface area (Å²) in [6.45, 7) is 0.979. The van der Waals surface area contributed by atoms with E-state index in [2.05, 4.69) is 15.3 Å². The summed E-state index contributed by atoms with van der Waals surface area (Å²) in [5.74, 6) is 1.78. The smallest absolute Gasteiger partial charge is 0.251 e. The number of hydrogen-bond donors (Lipinski definition) is 1. The monoisotopic (exact) mass is 483 g/mol. The molecule has 2 aromatic carbocycles. The van der Waals surface area contributed by atoms with Gasteiger partial charge in [-0.05, 0) is 48.0 Å². The Balaban J connectivity index is 1.35. The van der Waals surface area contributed by atoms with Crippen molar-refractivity contribution in [2.24, 2.45) is 0 Å². The van der Waals surface area contributed by atoms with E-state index in [1.54, 1.807) is 26.5 Å². The molecule has 0 bridgehead atoms. The Kier molecular flexibility index (Phi) is 8.48. The van der Waals surface area contributed by atoms with E-state index >= 15 is 0 Å². The minimum Gasteiger partial charge on any atom is -0.493 e. The SMILES string of the molecule is COc1ccc(CCOc2cccc(-c3cccc(C(=O)NCCc4ccccn4)c3)n2)cc1OC. The van der Waals surface area contributed by atoms with E-state index in [4.69, 9.17) is 14.2 Å². The average molecular weight is 484 g/mol. The Labute approximate surface area is 211 Å². The largest absolute Gasteiger partial charge is 0.493 e. The first-order chi connectivity index (χ1) is 17.7. The molecule has 4 rings (SSSR count). The number of methoxy groups -OCH3 is 2. The molecule has 0 unspecified atom stereocenters. The predicted octanol–water partition coefficient (Wildman–Crippen LogP) is 4.75. The molecule has 0 aliphatic heterocycles. The summed E-state index contributed by atoms with van der Waals surface area (Å²) < 4.78 is 16.6. The van der Waals surface area contributed by atoms with E-state index in [0.717, 1.165) is 22.5 Å². The number of nitrogens with one attached hydrogen (secondary N) is 1. The Morgan fingerprint density at radius 1 is 0.861 bits per heavy atom. The van der Waals surface area contributed by atoms with Crippen LogP contribution in [0.4, 0.5) is 0 Å². The van der Waals surface area contributed by atoms with E-state index in [1.807, 2.05) is 72.8 Å². The highest BCUT2D eigenvalue weighted by molar-refractivity contribution is 5.95. The summed E-state index contributed by atoms with van der Waals surface area (Å²) >= 11 is 0. The second-order valence-electron chi connectivity index (χ2n) is 8.06. The van der Waals surface area contributed by atoms with Gasteiger partial charge in [0.1, 0.15) is 0 Å². The first-order valence-corrected chi connectivity index (χ1v) is 11.8. The number of ether oxygens (including phenoxy) is 3. The maximum absolute atomic E-state index is 12.7. The predicted molar refractivity (Wildman–Crippen MR) is 139 cm³/mol. The maximum Gasteiger partial charge on any atom is 0.251 e. The van der Waals surface area contributed by atoms with Crippen LogP contribution in [0.5, 0.6) is 17.4 Å². The lowest BCUT2D eigenvalue weighted by molar-refractivity contribution is 0.0954. The number of nitrogens with zero attached hydrogens (tertiary/aromatic N) is 2. The third kappa shape index (κ3) is 6.60. The Morgan fingerprint density at radius 2 is 1.72 bits per heavy atom. The molecule has 0 atom stereocenters. The number of rotatable bonds is 11. The third-order valence-corrected chi connectivity index (χ3v) is 5.63. The zero-order valence-electron chi connectivity index (χ0n) is 20.4. The average Bonchev–Trinajstić information content (AvgIpc) is 2.93. The summed E-state index contributed by atoms with van der Waals surface area (Å²) in [4.78, 5) is 21.6. The molecule has 7 heteroatoms. The van der Waals surface area contributed by atoms with E-state index in [1.165, 1.54) is 0 Å². The van der Waals surface area contributed by atoms with Crippen LogP contribution in [0.15, 0.2) is 85.1 Å². The second-order valence-corrected chi connectivity index (χ2v) is 8.06. The molecule has 0 aliphatic rings. The minimum absolute atomic E-state index is 0.130. The van der Waals surface area contributed by atoms with Crippen molar-refractivity contribution in [1.29, 1.82) is 0 Å². The number of hydrogen-bond acceptors (Lipinski definition) is 6. The molecule has 0 saturated heterocycles. The number of benzene rings is 2. The van der Waals surface area contributed by atoms with Crippen molar-refractivity contribution in [2.45, 2.75) is 12.8 Å². The van der Waals surface area contributed by atoms with Crippen molar-refractivity contribution < 1.29 is 19.0 Å². The fourth-order valence-electron chi connectivity index (χ4n) is 3.74. The molecular formula is C29H29N3O4. The molecule has 36 heavy (non-hydrogen) atoms. The molecule has 4 aromatic rings. The molecule has 2 heterocycles. The highest BCUT2D eigenvalue weighted by Gasteiger charge is 2.09. The quantitative estimate of drug-likeness (QED) is 0.331. The van der Waals surface area contributed by atoms with Crippen molar-refractivity contribution in [1.82, 2.24) is 15.3 Å². The number of pyridine rings is 2. The molecule has 0 spiro atoms. The second kappa shape index (κ2) is 12.4. The summed E-state index contributed by atoms with van der Waals surface area (Å²) in [7, 11) is 3.24. The lowest BCUT2D eigenvalue weighted by Crippen LogP contribution is -2.25. The minimum atomic E-state index is -0.130. The van der Waals surface area contributed by atoms with Gasteiger partial charge in [0, 0.05) is 48.5 Å². The zero-order chi connectivity index (χ0) is 25.2. The summed E-state index contributed by atoms with van der Waals surface area (Å²) in [6, 6.07) is 24.6. The van der Waals surface area contributed by atoms with Gasteiger partial charge < -0.3 is 19.5 Å². The van der Waals surface area contributed by atoms with Crippen molar-refractivity contribution >= 4 is 5.91 Å². The van der Waals surface area contributed by atoms with Gasteiger partial charge in [0.25, 0.3) is 5.91 Å². The molecule has 7 nitrogen and oxygen atoms in total. The molecular weight excluding hydrogens is 454 g/mol. The van der Waals surface area contributed by atoms with Gasteiger partial charge >= 0.3 is 0 Å². The number of aromatic nitrogens is 2. The third-order valence-electron chi connectivity index (χ3n) is 5.63. The fourth-order valence-corrected chi connectivity index (χ4v) is 3.74. The van der Waals surface area contributed by atoms with Crippen molar-refractivity contribution in [3.05, 3.63) is 102 Å². The van der Waals surface area contributed by atoms with Crippen LogP contribution in [-0.2, 0) is 12.8 Å². The van der Waals surface area contributed by atoms with Crippen LogP contribution in [0.1, 0.15) is 21.6 Å². The summed E-state index contributed by atoms with van der Waals surface area (Å²) in [5, 5.41) is 2.96. The highest BCUT2D eigenvalue weighted by atomic mass is 16.5. The van der Waals surface area contributed by atoms with E-state index in [-0.39, 0.29) is 5.91 Å². The van der Waals surface area contributed by atoms with Gasteiger partial charge in [-0.2, -0.15) is 0 Å². The van der Waals surface area contributed by atoms with Crippen LogP contribution in [0.3, 0.4) is 0 Å². The molecule has 0 fully saturated rings. The molecule has 1 amide bonds. The topological polar surface area (TPSA) is 82.6 Å². The molecule has 0 saturated carbocycles. The van der Waals surface area contributed by atoms with Crippen LogP contribution >= 0.6 is 0 Å². The first-order valence-electron chi connectivity index (χ1n) is 11.8. The molecule has 2 aromatic heterocycles. The lowest BCUT2D eigenvalue weighted by atomic mass is 10.1. The fraction of sp³-hybridized carbons (Fsp3) is 0.207. The van der Waals surface area contributed by atoms with Gasteiger partial charge in [-0.25, -0.2) is 4.98 Å². The van der Waals surface area contributed by atoms with Gasteiger partial charge in [0.2, 0.25) is 5.88 Å². The summed E-state index contributed by atoms with van der Waals surface area (Å²) in [6.07, 6.45) is 3.12. The first kappa shape index (κ1) is 24.7. The Bertz CT molecular complexity index is 1290. The molecule has 184 valence electrons. The van der Waals surface area contributed by atoms with Gasteiger partial charge in [-0.3, -0.25) is 9.78 Å². The van der Waals surface area contributed by atoms with Crippen LogP contribution in [0.25, 0.3) is 11.3 Å². The van der Waals surface area contributed by atoms with E-state index in [0.29, 0.717) is 48.9 Å². The Hall–Kier alpha value is -4.39. The van der Waals surface area contributed by atoms with Gasteiger partial charge in [-0.15, -0.1) is 0 Å². The normalized spacial score (nSPS) is 10.5. The summed E-state index contributed by atoms with van der Waals surface area (Å²) in [5.41, 5.74) is 4.18. The molecule has 0 aliphatic carbocycles. The van der Waals surface area contributed by atoms with E-state index in [9.17, 15) is 4.79 Å². The maximum atomic E-state index is 12.7. The van der Waals surface area contributed by atoms with Crippen molar-refractivity contribution in [2.75, 3.05) is 27.4 Å². The number of amides is 1. The van der Waals surface area contributed by atoms with Crippen LogP contribution < -0.4 is 19.5 Å². The van der Waals surface area contributed by atoms with E-state index < -0.39 is 0 Å². The van der Waals surface area contributed by atoms with Gasteiger partial charge in [0.15, 0.2) is 11.5 Å². The van der Waals surface area contributed by atoms with Gasteiger partial charge in [0.05, 0.1) is 26.5 Å². The molecule has 1 N–H and O–H groups in total. The van der Waals surface area contributed by atoms with Crippen LogP contribution in [0, 0.1) is 0 Å². The lowest BCUT2D eigenvalue weighted by Gasteiger charge is -2.11. The standard InChI is InChI=1S/C29H29N3O4/c1-34-26-13-12-21(19-27(26)35-2)15-18-36-28-11-6-10-25(32-28)22-7-5-8-23(20-22)29(33)31-17-14-24-9-3-4-16-30-24/h3-13,16,19-20H,14-15,17-18H2,1-2H3,(H,31,33). The zero-order valence-corrected chi connectivity index (χ0v) is 20.4. The highest BCUT2D eigenvalue weighted by Crippen LogP contribution is 2.28. The van der Waals surface area contributed by atoms with Gasteiger partial charge in [-0.1, -0.05) is 30.3 Å². The Morgan fingerprint density at radius 3 is 2.53 bits per heavy atom. The van der Waals surface area contributed by atoms with Crippen molar-refractivity contribution in [3.8, 4) is 28.6 Å². The van der Waals surface area contributed by atoms with Crippen LogP contribution in [0.2, 0.25) is 0 Å². The van der Waals surface area contributed by atoms with Crippen LogP contribution in [-0.4, -0.2) is 43.2 Å². The molecule has 0 radical (unpaired) electrons.